The first-order chi connectivity index (χ1) is 10.4. The highest BCUT2D eigenvalue weighted by Gasteiger charge is 2.38. The van der Waals surface area contributed by atoms with Gasteiger partial charge in [0.25, 0.3) is 0 Å². The number of furan rings is 1. The minimum Gasteiger partial charge on any atom is -0.472 e. The van der Waals surface area contributed by atoms with Gasteiger partial charge in [0.05, 0.1) is 30.0 Å². The maximum absolute atomic E-state index is 12.5. The van der Waals surface area contributed by atoms with Crippen LogP contribution in [0.2, 0.25) is 0 Å². The molecule has 0 aliphatic carbocycles. The van der Waals surface area contributed by atoms with Gasteiger partial charge in [-0.15, -0.1) is 11.3 Å². The molecule has 0 radical (unpaired) electrons. The van der Waals surface area contributed by atoms with Gasteiger partial charge in [-0.1, -0.05) is 0 Å². The summed E-state index contributed by atoms with van der Waals surface area (Å²) in [5.74, 6) is 0.0358. The number of rotatable bonds is 4. The fourth-order valence-electron chi connectivity index (χ4n) is 2.96. The monoisotopic (exact) mass is 320 g/mol. The zero-order valence-corrected chi connectivity index (χ0v) is 13.6. The summed E-state index contributed by atoms with van der Waals surface area (Å²) in [5.41, 5.74) is 0.836. The molecule has 1 N–H and O–H groups in total. The van der Waals surface area contributed by atoms with Crippen molar-refractivity contribution in [3.05, 3.63) is 29.7 Å². The second kappa shape index (κ2) is 5.85. The first kappa shape index (κ1) is 15.2. The van der Waals surface area contributed by atoms with E-state index in [9.17, 15) is 9.90 Å². The lowest BCUT2D eigenvalue weighted by atomic mass is 9.96. The Morgan fingerprint density at radius 2 is 2.41 bits per heavy atom. The van der Waals surface area contributed by atoms with E-state index in [2.05, 4.69) is 4.98 Å². The molecule has 1 unspecified atom stereocenters. The molecule has 6 heteroatoms. The molecule has 3 heterocycles. The van der Waals surface area contributed by atoms with Gasteiger partial charge in [-0.05, 0) is 32.8 Å². The molecule has 118 valence electrons. The lowest BCUT2D eigenvalue weighted by molar-refractivity contribution is -0.135. The molecule has 1 amide bonds. The largest absolute Gasteiger partial charge is 0.472 e. The Morgan fingerprint density at radius 3 is 3.09 bits per heavy atom. The molecule has 0 spiro atoms. The molecule has 1 aliphatic heterocycles. The molecule has 0 saturated carbocycles. The molecule has 2 aromatic rings. The maximum Gasteiger partial charge on any atom is 0.228 e. The van der Waals surface area contributed by atoms with Gasteiger partial charge in [-0.3, -0.25) is 4.79 Å². The topological polar surface area (TPSA) is 66.6 Å². The van der Waals surface area contributed by atoms with Crippen molar-refractivity contribution < 1.29 is 14.3 Å². The normalized spacial score (nSPS) is 18.9. The molecular formula is C16H20N2O3S. The second-order valence-electron chi connectivity index (χ2n) is 6.23. The summed E-state index contributed by atoms with van der Waals surface area (Å²) < 4.78 is 5.06. The van der Waals surface area contributed by atoms with Crippen molar-refractivity contribution >= 4 is 17.2 Å². The Bertz CT molecular complexity index is 643. The lowest BCUT2D eigenvalue weighted by Crippen LogP contribution is -2.48. The van der Waals surface area contributed by atoms with Crippen LogP contribution in [0.25, 0.3) is 10.6 Å². The van der Waals surface area contributed by atoms with Gasteiger partial charge in [0.15, 0.2) is 0 Å². The number of carbonyl (C=O) groups is 1. The summed E-state index contributed by atoms with van der Waals surface area (Å²) in [6.45, 7) is 4.25. The van der Waals surface area contributed by atoms with Crippen LogP contribution in [0.4, 0.5) is 0 Å². The summed E-state index contributed by atoms with van der Waals surface area (Å²) in [6, 6.07) is 1.75. The van der Waals surface area contributed by atoms with Crippen LogP contribution in [0.3, 0.4) is 0 Å². The summed E-state index contributed by atoms with van der Waals surface area (Å²) in [7, 11) is 0. The molecule has 5 nitrogen and oxygen atoms in total. The Labute approximate surface area is 133 Å². The third-order valence-electron chi connectivity index (χ3n) is 4.04. The third-order valence-corrected chi connectivity index (χ3v) is 4.98. The standard InChI is InChI=1S/C16H20N2O3S/c1-16(2,20)13-4-3-6-18(13)14(19)8-12-10-22-15(17-12)11-5-7-21-9-11/h5,7,9-10,13,20H,3-4,6,8H2,1-2H3. The van der Waals surface area contributed by atoms with E-state index in [-0.39, 0.29) is 18.4 Å². The second-order valence-corrected chi connectivity index (χ2v) is 7.09. The van der Waals surface area contributed by atoms with Gasteiger partial charge >= 0.3 is 0 Å². The molecule has 2 aromatic heterocycles. The van der Waals surface area contributed by atoms with Gasteiger partial charge in [-0.2, -0.15) is 0 Å². The fraction of sp³-hybridized carbons (Fsp3) is 0.500. The predicted molar refractivity (Wildman–Crippen MR) is 84.6 cm³/mol. The van der Waals surface area contributed by atoms with Crippen LogP contribution in [0, 0.1) is 0 Å². The molecule has 0 aromatic carbocycles. The van der Waals surface area contributed by atoms with Crippen molar-refractivity contribution in [3.8, 4) is 10.6 Å². The van der Waals surface area contributed by atoms with Crippen molar-refractivity contribution in [2.45, 2.75) is 44.8 Å². The number of amides is 1. The van der Waals surface area contributed by atoms with E-state index in [0.29, 0.717) is 6.54 Å². The van der Waals surface area contributed by atoms with E-state index >= 15 is 0 Å². The van der Waals surface area contributed by atoms with Crippen LogP contribution in [-0.4, -0.2) is 39.1 Å². The quantitative estimate of drug-likeness (QED) is 0.940. The average molecular weight is 320 g/mol. The van der Waals surface area contributed by atoms with Gasteiger partial charge < -0.3 is 14.4 Å². The summed E-state index contributed by atoms with van der Waals surface area (Å²) in [5, 5.41) is 13.0. The first-order valence-corrected chi connectivity index (χ1v) is 8.32. The van der Waals surface area contributed by atoms with Crippen LogP contribution in [0.1, 0.15) is 32.4 Å². The third kappa shape index (κ3) is 3.08. The smallest absolute Gasteiger partial charge is 0.228 e. The predicted octanol–water partition coefficient (Wildman–Crippen LogP) is 2.71. The molecule has 1 aliphatic rings. The first-order valence-electron chi connectivity index (χ1n) is 7.44. The lowest BCUT2D eigenvalue weighted by Gasteiger charge is -2.33. The minimum absolute atomic E-state index is 0.0358. The number of thiazole rings is 1. The fourth-order valence-corrected chi connectivity index (χ4v) is 3.77. The molecular weight excluding hydrogens is 300 g/mol. The number of carbonyl (C=O) groups excluding carboxylic acids is 1. The van der Waals surface area contributed by atoms with E-state index < -0.39 is 5.60 Å². The van der Waals surface area contributed by atoms with Crippen molar-refractivity contribution in [2.75, 3.05) is 6.54 Å². The zero-order chi connectivity index (χ0) is 15.7. The number of hydrogen-bond donors (Lipinski definition) is 1. The summed E-state index contributed by atoms with van der Waals surface area (Å²) >= 11 is 1.51. The van der Waals surface area contributed by atoms with Crippen molar-refractivity contribution in [1.29, 1.82) is 0 Å². The SMILES string of the molecule is CC(C)(O)C1CCCN1C(=O)Cc1csc(-c2ccoc2)n1. The van der Waals surface area contributed by atoms with Crippen LogP contribution in [0.15, 0.2) is 28.4 Å². The highest BCUT2D eigenvalue weighted by molar-refractivity contribution is 7.13. The van der Waals surface area contributed by atoms with Crippen molar-refractivity contribution in [3.63, 3.8) is 0 Å². The van der Waals surface area contributed by atoms with Crippen molar-refractivity contribution in [1.82, 2.24) is 9.88 Å². The Kier molecular flexibility index (Phi) is 4.06. The van der Waals surface area contributed by atoms with Crippen LogP contribution >= 0.6 is 11.3 Å². The molecule has 1 fully saturated rings. The van der Waals surface area contributed by atoms with Crippen LogP contribution < -0.4 is 0 Å². The Morgan fingerprint density at radius 1 is 1.59 bits per heavy atom. The van der Waals surface area contributed by atoms with E-state index in [1.165, 1.54) is 11.3 Å². The number of aromatic nitrogens is 1. The van der Waals surface area contributed by atoms with Gasteiger partial charge in [0.2, 0.25) is 5.91 Å². The Balaban J connectivity index is 1.69. The van der Waals surface area contributed by atoms with Crippen LogP contribution in [0.5, 0.6) is 0 Å². The molecule has 3 rings (SSSR count). The highest BCUT2D eigenvalue weighted by atomic mass is 32.1. The molecule has 0 bridgehead atoms. The van der Waals surface area contributed by atoms with E-state index in [0.717, 1.165) is 29.1 Å². The maximum atomic E-state index is 12.5. The number of aliphatic hydroxyl groups is 1. The molecule has 1 saturated heterocycles. The van der Waals surface area contributed by atoms with E-state index in [1.54, 1.807) is 31.3 Å². The van der Waals surface area contributed by atoms with Gasteiger partial charge in [0, 0.05) is 17.5 Å². The summed E-state index contributed by atoms with van der Waals surface area (Å²) in [6.07, 6.45) is 5.33. The molecule has 22 heavy (non-hydrogen) atoms. The Hall–Kier alpha value is -1.66. The minimum atomic E-state index is -0.865. The highest BCUT2D eigenvalue weighted by Crippen LogP contribution is 2.28. The van der Waals surface area contributed by atoms with Gasteiger partial charge in [-0.25, -0.2) is 4.98 Å². The number of nitrogens with zero attached hydrogens (tertiary/aromatic N) is 2. The number of likely N-dealkylation sites (tertiary alicyclic amines) is 1. The summed E-state index contributed by atoms with van der Waals surface area (Å²) in [4.78, 5) is 18.8. The molecule has 1 atom stereocenters. The average Bonchev–Trinajstić information content (AvgIpc) is 3.19. The number of hydrogen-bond acceptors (Lipinski definition) is 5. The van der Waals surface area contributed by atoms with E-state index in [1.807, 2.05) is 11.4 Å². The van der Waals surface area contributed by atoms with Crippen LogP contribution in [-0.2, 0) is 11.2 Å². The zero-order valence-electron chi connectivity index (χ0n) is 12.8. The van der Waals surface area contributed by atoms with Crippen molar-refractivity contribution in [2.24, 2.45) is 0 Å². The van der Waals surface area contributed by atoms with Gasteiger partial charge in [0.1, 0.15) is 11.3 Å². The van der Waals surface area contributed by atoms with E-state index in [4.69, 9.17) is 4.42 Å².